The molecule has 2 fully saturated rings. The molecule has 2 aliphatic rings. The molecule has 0 aromatic heterocycles. The van der Waals surface area contributed by atoms with Crippen molar-refractivity contribution in [2.45, 2.75) is 59.4 Å². The summed E-state index contributed by atoms with van der Waals surface area (Å²) in [7, 11) is 0. The predicted molar refractivity (Wildman–Crippen MR) is 71.8 cm³/mol. The third-order valence-corrected chi connectivity index (χ3v) is 4.25. The maximum atomic E-state index is 3.48. The Balaban J connectivity index is 0.000000606. The highest BCUT2D eigenvalue weighted by molar-refractivity contribution is 4.90. The maximum Gasteiger partial charge on any atom is 0.00385 e. The first-order chi connectivity index (χ1) is 7.72. The summed E-state index contributed by atoms with van der Waals surface area (Å²) in [6, 6.07) is 0.745. The molecule has 0 bridgehead atoms. The first-order valence-corrected chi connectivity index (χ1v) is 7.17. The number of nitrogens with one attached hydrogen (secondary N) is 1. The third-order valence-electron chi connectivity index (χ3n) is 4.25. The van der Waals surface area contributed by atoms with E-state index in [0.29, 0.717) is 0 Å². The van der Waals surface area contributed by atoms with Gasteiger partial charge in [-0.15, -0.1) is 0 Å². The molecule has 2 heterocycles. The molecule has 2 rings (SSSR count). The van der Waals surface area contributed by atoms with Gasteiger partial charge in [0.1, 0.15) is 0 Å². The molecule has 0 aliphatic carbocycles. The van der Waals surface area contributed by atoms with Gasteiger partial charge in [0.25, 0.3) is 0 Å². The quantitative estimate of drug-likeness (QED) is 0.739. The number of rotatable bonds is 1. The van der Waals surface area contributed by atoms with Gasteiger partial charge in [0, 0.05) is 6.04 Å². The second-order valence-electron chi connectivity index (χ2n) is 5.38. The highest BCUT2D eigenvalue weighted by Crippen LogP contribution is 2.39. The zero-order chi connectivity index (χ0) is 12.0. The van der Waals surface area contributed by atoms with Gasteiger partial charge < -0.3 is 10.2 Å². The molecule has 0 unspecified atom stereocenters. The summed E-state index contributed by atoms with van der Waals surface area (Å²) in [4.78, 5) is 2.63. The van der Waals surface area contributed by atoms with Crippen LogP contribution in [0.15, 0.2) is 0 Å². The van der Waals surface area contributed by atoms with E-state index in [4.69, 9.17) is 0 Å². The molecule has 0 atom stereocenters. The maximum absolute atomic E-state index is 3.48. The van der Waals surface area contributed by atoms with Crippen LogP contribution in [0.2, 0.25) is 0 Å². The molecule has 0 radical (unpaired) electrons. The van der Waals surface area contributed by atoms with Crippen LogP contribution in [0.3, 0.4) is 0 Å². The molecule has 2 saturated heterocycles. The van der Waals surface area contributed by atoms with Crippen LogP contribution < -0.4 is 5.32 Å². The van der Waals surface area contributed by atoms with Gasteiger partial charge >= 0.3 is 0 Å². The van der Waals surface area contributed by atoms with Crippen molar-refractivity contribution in [2.24, 2.45) is 5.41 Å². The zero-order valence-electron chi connectivity index (χ0n) is 11.7. The fourth-order valence-electron chi connectivity index (χ4n) is 2.97. The Hall–Kier alpha value is -0.0800. The van der Waals surface area contributed by atoms with Gasteiger partial charge in [-0.2, -0.15) is 0 Å². The smallest absolute Gasteiger partial charge is 0.00385 e. The van der Waals surface area contributed by atoms with Crippen LogP contribution in [0.5, 0.6) is 0 Å². The van der Waals surface area contributed by atoms with Gasteiger partial charge in [-0.05, 0) is 71.1 Å². The van der Waals surface area contributed by atoms with E-state index >= 15 is 0 Å². The van der Waals surface area contributed by atoms with Gasteiger partial charge in [0.15, 0.2) is 0 Å². The number of likely N-dealkylation sites (tertiary alicyclic amines) is 1. The minimum absolute atomic E-state index is 0.719. The van der Waals surface area contributed by atoms with Crippen LogP contribution in [0, 0.1) is 5.41 Å². The SMILES string of the molecule is CC.CC(C)N1CCC2(CCNCC2)CC1. The van der Waals surface area contributed by atoms with E-state index in [0.717, 1.165) is 11.5 Å². The minimum Gasteiger partial charge on any atom is -0.317 e. The summed E-state index contributed by atoms with van der Waals surface area (Å²) in [5.74, 6) is 0. The molecular formula is C14H30N2. The van der Waals surface area contributed by atoms with Crippen LogP contribution in [-0.4, -0.2) is 37.1 Å². The van der Waals surface area contributed by atoms with Crippen LogP contribution in [0.25, 0.3) is 0 Å². The van der Waals surface area contributed by atoms with Crippen LogP contribution >= 0.6 is 0 Å². The topological polar surface area (TPSA) is 15.3 Å². The molecule has 2 nitrogen and oxygen atoms in total. The van der Waals surface area contributed by atoms with Crippen molar-refractivity contribution >= 4 is 0 Å². The van der Waals surface area contributed by atoms with E-state index in [1.807, 2.05) is 13.8 Å². The van der Waals surface area contributed by atoms with Crippen molar-refractivity contribution in [3.05, 3.63) is 0 Å². The summed E-state index contributed by atoms with van der Waals surface area (Å²) in [6.45, 7) is 13.8. The van der Waals surface area contributed by atoms with E-state index in [9.17, 15) is 0 Å². The molecule has 1 spiro atoms. The van der Waals surface area contributed by atoms with Gasteiger partial charge in [0.2, 0.25) is 0 Å². The van der Waals surface area contributed by atoms with E-state index in [2.05, 4.69) is 24.1 Å². The summed E-state index contributed by atoms with van der Waals surface area (Å²) >= 11 is 0. The van der Waals surface area contributed by atoms with Gasteiger partial charge in [0.05, 0.1) is 0 Å². The van der Waals surface area contributed by atoms with Gasteiger partial charge in [-0.25, -0.2) is 0 Å². The summed E-state index contributed by atoms with van der Waals surface area (Å²) in [5.41, 5.74) is 0.719. The van der Waals surface area contributed by atoms with Crippen molar-refractivity contribution in [3.8, 4) is 0 Å². The Bertz CT molecular complexity index is 173. The highest BCUT2D eigenvalue weighted by Gasteiger charge is 2.35. The van der Waals surface area contributed by atoms with Crippen molar-refractivity contribution < 1.29 is 0 Å². The summed E-state index contributed by atoms with van der Waals surface area (Å²) in [6.07, 6.45) is 5.71. The number of hydrogen-bond acceptors (Lipinski definition) is 2. The lowest BCUT2D eigenvalue weighted by molar-refractivity contribution is 0.0582. The molecule has 0 aromatic rings. The Morgan fingerprint density at radius 1 is 0.938 bits per heavy atom. The van der Waals surface area contributed by atoms with Crippen LogP contribution in [0.1, 0.15) is 53.4 Å². The lowest BCUT2D eigenvalue weighted by atomic mass is 9.71. The van der Waals surface area contributed by atoms with Crippen molar-refractivity contribution in [1.29, 1.82) is 0 Å². The number of nitrogens with zero attached hydrogens (tertiary/aromatic N) is 1. The first kappa shape index (κ1) is 14.0. The second kappa shape index (κ2) is 6.61. The Kier molecular flexibility index (Phi) is 5.77. The van der Waals surface area contributed by atoms with E-state index < -0.39 is 0 Å². The van der Waals surface area contributed by atoms with Crippen molar-refractivity contribution in [1.82, 2.24) is 10.2 Å². The van der Waals surface area contributed by atoms with Crippen molar-refractivity contribution in [3.63, 3.8) is 0 Å². The highest BCUT2D eigenvalue weighted by atomic mass is 15.2. The lowest BCUT2D eigenvalue weighted by Gasteiger charge is -2.45. The Morgan fingerprint density at radius 3 is 1.88 bits per heavy atom. The average Bonchev–Trinajstić information content (AvgIpc) is 2.33. The average molecular weight is 226 g/mol. The normalized spacial score (nSPS) is 25.3. The Labute approximate surface area is 102 Å². The largest absolute Gasteiger partial charge is 0.317 e. The number of piperidine rings is 2. The molecule has 0 saturated carbocycles. The van der Waals surface area contributed by atoms with Crippen LogP contribution in [-0.2, 0) is 0 Å². The number of hydrogen-bond donors (Lipinski definition) is 1. The molecule has 16 heavy (non-hydrogen) atoms. The third kappa shape index (κ3) is 3.46. The van der Waals surface area contributed by atoms with E-state index in [-0.39, 0.29) is 0 Å². The van der Waals surface area contributed by atoms with Gasteiger partial charge in [-0.1, -0.05) is 13.8 Å². The predicted octanol–water partition coefficient (Wildman–Crippen LogP) is 2.89. The lowest BCUT2D eigenvalue weighted by Crippen LogP contribution is -2.47. The van der Waals surface area contributed by atoms with E-state index in [1.54, 1.807) is 0 Å². The molecule has 96 valence electrons. The fourth-order valence-corrected chi connectivity index (χ4v) is 2.97. The second-order valence-corrected chi connectivity index (χ2v) is 5.38. The molecule has 0 aromatic carbocycles. The monoisotopic (exact) mass is 226 g/mol. The molecule has 0 amide bonds. The summed E-state index contributed by atoms with van der Waals surface area (Å²) in [5, 5.41) is 3.48. The first-order valence-electron chi connectivity index (χ1n) is 7.17. The standard InChI is InChI=1S/C12H24N2.C2H6/c1-11(2)14-9-5-12(6-10-14)3-7-13-8-4-12;1-2/h11,13H,3-10H2,1-2H3;1-2H3. The van der Waals surface area contributed by atoms with Crippen LogP contribution in [0.4, 0.5) is 0 Å². The fraction of sp³-hybridized carbons (Fsp3) is 1.00. The molecular weight excluding hydrogens is 196 g/mol. The minimum atomic E-state index is 0.719. The molecule has 1 N–H and O–H groups in total. The Morgan fingerprint density at radius 2 is 1.44 bits per heavy atom. The van der Waals surface area contributed by atoms with Crippen molar-refractivity contribution in [2.75, 3.05) is 26.2 Å². The summed E-state index contributed by atoms with van der Waals surface area (Å²) < 4.78 is 0. The molecule has 2 aliphatic heterocycles. The van der Waals surface area contributed by atoms with Gasteiger partial charge in [-0.3, -0.25) is 0 Å². The van der Waals surface area contributed by atoms with E-state index in [1.165, 1.54) is 51.9 Å². The zero-order valence-corrected chi connectivity index (χ0v) is 11.7. The molecule has 2 heteroatoms.